The number of methoxy groups -OCH3 is 1. The number of carboxylic acid groups (broad SMARTS) is 1. The lowest BCUT2D eigenvalue weighted by Gasteiger charge is -2.20. The van der Waals surface area contributed by atoms with Crippen molar-refractivity contribution in [1.82, 2.24) is 9.03 Å². The first kappa shape index (κ1) is 15.3. The van der Waals surface area contributed by atoms with Gasteiger partial charge in [0.25, 0.3) is 10.2 Å². The van der Waals surface area contributed by atoms with Crippen LogP contribution in [0.15, 0.2) is 0 Å². The van der Waals surface area contributed by atoms with Crippen LogP contribution in [0.2, 0.25) is 0 Å². The van der Waals surface area contributed by atoms with E-state index in [1.807, 2.05) is 0 Å². The van der Waals surface area contributed by atoms with Gasteiger partial charge in [0.1, 0.15) is 0 Å². The summed E-state index contributed by atoms with van der Waals surface area (Å²) in [5, 5.41) is 8.65. The van der Waals surface area contributed by atoms with Crippen LogP contribution in [0, 0.1) is 0 Å². The fraction of sp³-hybridized carbons (Fsp3) is 0.875. The van der Waals surface area contributed by atoms with E-state index in [1.54, 1.807) is 13.8 Å². The van der Waals surface area contributed by atoms with Crippen LogP contribution in [0.4, 0.5) is 0 Å². The Balaban J connectivity index is 4.43. The second kappa shape index (κ2) is 6.79. The van der Waals surface area contributed by atoms with Crippen molar-refractivity contribution in [3.8, 4) is 0 Å². The Hall–Kier alpha value is -0.700. The molecule has 0 fully saturated rings. The molecule has 0 saturated heterocycles. The molecule has 1 unspecified atom stereocenters. The zero-order valence-corrected chi connectivity index (χ0v) is 10.5. The number of hydrogen-bond donors (Lipinski definition) is 2. The topological polar surface area (TPSA) is 95.9 Å². The van der Waals surface area contributed by atoms with E-state index in [4.69, 9.17) is 5.11 Å². The Labute approximate surface area is 95.6 Å². The molecule has 0 aliphatic heterocycles. The SMILES string of the molecule is CCN(CC)S(=O)(=O)NCC(OC)C(=O)O. The Bertz CT molecular complexity index is 312. The van der Waals surface area contributed by atoms with Crippen molar-refractivity contribution >= 4 is 16.2 Å². The smallest absolute Gasteiger partial charge is 0.334 e. The van der Waals surface area contributed by atoms with Crippen LogP contribution in [0.5, 0.6) is 0 Å². The van der Waals surface area contributed by atoms with Crippen LogP contribution in [0.1, 0.15) is 13.8 Å². The van der Waals surface area contributed by atoms with Crippen LogP contribution < -0.4 is 4.72 Å². The van der Waals surface area contributed by atoms with Gasteiger partial charge in [-0.2, -0.15) is 17.4 Å². The third kappa shape index (κ3) is 4.44. The molecule has 16 heavy (non-hydrogen) atoms. The third-order valence-corrected chi connectivity index (χ3v) is 3.78. The molecular formula is C8H18N2O5S. The number of carboxylic acids is 1. The van der Waals surface area contributed by atoms with Crippen LogP contribution in [0.3, 0.4) is 0 Å². The Kier molecular flexibility index (Phi) is 6.49. The molecule has 0 aliphatic carbocycles. The minimum Gasteiger partial charge on any atom is -0.479 e. The van der Waals surface area contributed by atoms with Crippen LogP contribution >= 0.6 is 0 Å². The van der Waals surface area contributed by atoms with Crippen molar-refractivity contribution in [3.63, 3.8) is 0 Å². The van der Waals surface area contributed by atoms with E-state index in [2.05, 4.69) is 9.46 Å². The summed E-state index contributed by atoms with van der Waals surface area (Å²) in [6, 6.07) is 0. The maximum atomic E-state index is 11.6. The van der Waals surface area contributed by atoms with E-state index in [0.717, 1.165) is 0 Å². The van der Waals surface area contributed by atoms with Gasteiger partial charge in [-0.05, 0) is 0 Å². The molecular weight excluding hydrogens is 236 g/mol. The highest BCUT2D eigenvalue weighted by Gasteiger charge is 2.23. The van der Waals surface area contributed by atoms with Gasteiger partial charge in [-0.3, -0.25) is 0 Å². The van der Waals surface area contributed by atoms with Gasteiger partial charge in [0.15, 0.2) is 6.10 Å². The highest BCUT2D eigenvalue weighted by atomic mass is 32.2. The molecule has 8 heteroatoms. The van der Waals surface area contributed by atoms with Crippen molar-refractivity contribution in [1.29, 1.82) is 0 Å². The first-order chi connectivity index (χ1) is 7.38. The van der Waals surface area contributed by atoms with Crippen molar-refractivity contribution in [3.05, 3.63) is 0 Å². The molecule has 0 heterocycles. The summed E-state index contributed by atoms with van der Waals surface area (Å²) in [4.78, 5) is 10.6. The van der Waals surface area contributed by atoms with Crippen molar-refractivity contribution < 1.29 is 23.1 Å². The molecule has 1 atom stereocenters. The number of rotatable bonds is 8. The Morgan fingerprint density at radius 2 is 1.94 bits per heavy atom. The molecule has 96 valence electrons. The van der Waals surface area contributed by atoms with E-state index in [-0.39, 0.29) is 6.54 Å². The highest BCUT2D eigenvalue weighted by Crippen LogP contribution is 1.97. The highest BCUT2D eigenvalue weighted by molar-refractivity contribution is 7.87. The molecule has 0 spiro atoms. The van der Waals surface area contributed by atoms with E-state index in [1.165, 1.54) is 11.4 Å². The summed E-state index contributed by atoms with van der Waals surface area (Å²) in [7, 11) is -2.41. The molecule has 0 aromatic rings. The second-order valence-corrected chi connectivity index (χ2v) is 4.76. The number of nitrogens with zero attached hydrogens (tertiary/aromatic N) is 1. The number of hydrogen-bond acceptors (Lipinski definition) is 4. The minimum atomic E-state index is -3.62. The molecule has 7 nitrogen and oxygen atoms in total. The molecule has 0 saturated carbocycles. The van der Waals surface area contributed by atoms with Crippen molar-refractivity contribution in [2.75, 3.05) is 26.7 Å². The molecule has 0 radical (unpaired) electrons. The monoisotopic (exact) mass is 254 g/mol. The second-order valence-electron chi connectivity index (χ2n) is 3.00. The Morgan fingerprint density at radius 1 is 1.44 bits per heavy atom. The van der Waals surface area contributed by atoms with Gasteiger partial charge in [-0.1, -0.05) is 13.8 Å². The summed E-state index contributed by atoms with van der Waals surface area (Å²) in [6.45, 7) is 3.78. The van der Waals surface area contributed by atoms with E-state index >= 15 is 0 Å². The first-order valence-electron chi connectivity index (χ1n) is 4.89. The van der Waals surface area contributed by atoms with Crippen LogP contribution in [-0.2, 0) is 19.7 Å². The van der Waals surface area contributed by atoms with Gasteiger partial charge in [0.05, 0.1) is 0 Å². The fourth-order valence-corrected chi connectivity index (χ4v) is 2.33. The van der Waals surface area contributed by atoms with Gasteiger partial charge >= 0.3 is 5.97 Å². The van der Waals surface area contributed by atoms with Crippen LogP contribution in [0.25, 0.3) is 0 Å². The minimum absolute atomic E-state index is 0.287. The summed E-state index contributed by atoms with van der Waals surface area (Å²) in [5.74, 6) is -1.20. The molecule has 0 rings (SSSR count). The Morgan fingerprint density at radius 3 is 2.25 bits per heavy atom. The van der Waals surface area contributed by atoms with Gasteiger partial charge in [-0.15, -0.1) is 0 Å². The van der Waals surface area contributed by atoms with E-state index in [9.17, 15) is 13.2 Å². The number of carbonyl (C=O) groups is 1. The molecule has 0 aromatic heterocycles. The summed E-state index contributed by atoms with van der Waals surface area (Å²) in [6.07, 6.45) is -1.18. The quantitative estimate of drug-likeness (QED) is 0.595. The molecule has 0 aromatic carbocycles. The van der Waals surface area contributed by atoms with Crippen LogP contribution in [-0.4, -0.2) is 56.6 Å². The maximum Gasteiger partial charge on any atom is 0.334 e. The van der Waals surface area contributed by atoms with Gasteiger partial charge in [0.2, 0.25) is 0 Å². The number of nitrogens with one attached hydrogen (secondary N) is 1. The van der Waals surface area contributed by atoms with E-state index in [0.29, 0.717) is 13.1 Å². The lowest BCUT2D eigenvalue weighted by Crippen LogP contribution is -2.45. The lowest BCUT2D eigenvalue weighted by atomic mass is 10.4. The summed E-state index contributed by atoms with van der Waals surface area (Å²) < 4.78 is 31.2. The van der Waals surface area contributed by atoms with Gasteiger partial charge in [-0.25, -0.2) is 4.79 Å². The fourth-order valence-electron chi connectivity index (χ4n) is 1.11. The molecule has 0 amide bonds. The third-order valence-electron chi connectivity index (χ3n) is 2.06. The largest absolute Gasteiger partial charge is 0.479 e. The molecule has 0 bridgehead atoms. The predicted octanol–water partition coefficient (Wildman–Crippen LogP) is -0.738. The van der Waals surface area contributed by atoms with Gasteiger partial charge in [0, 0.05) is 26.7 Å². The predicted molar refractivity (Wildman–Crippen MR) is 58.3 cm³/mol. The molecule has 2 N–H and O–H groups in total. The average molecular weight is 254 g/mol. The first-order valence-corrected chi connectivity index (χ1v) is 6.33. The number of aliphatic carboxylic acids is 1. The summed E-state index contributed by atoms with van der Waals surface area (Å²) >= 11 is 0. The summed E-state index contributed by atoms with van der Waals surface area (Å²) in [5.41, 5.74) is 0. The van der Waals surface area contributed by atoms with E-state index < -0.39 is 22.3 Å². The number of ether oxygens (including phenoxy) is 1. The molecule has 0 aliphatic rings. The van der Waals surface area contributed by atoms with Crippen molar-refractivity contribution in [2.45, 2.75) is 20.0 Å². The zero-order chi connectivity index (χ0) is 12.8. The lowest BCUT2D eigenvalue weighted by molar-refractivity contribution is -0.147. The van der Waals surface area contributed by atoms with Crippen molar-refractivity contribution in [2.24, 2.45) is 0 Å². The maximum absolute atomic E-state index is 11.6. The average Bonchev–Trinajstić information content (AvgIpc) is 2.19. The standard InChI is InChI=1S/C8H18N2O5S/c1-4-10(5-2)16(13,14)9-6-7(15-3)8(11)12/h7,9H,4-6H2,1-3H3,(H,11,12). The zero-order valence-electron chi connectivity index (χ0n) is 9.63. The normalized spacial score (nSPS) is 14.0. The van der Waals surface area contributed by atoms with Gasteiger partial charge < -0.3 is 9.84 Å².